The second kappa shape index (κ2) is 22.8. The van der Waals surface area contributed by atoms with Crippen molar-refractivity contribution >= 4 is 12.0 Å². The highest BCUT2D eigenvalue weighted by molar-refractivity contribution is 5.74. The number of rotatable bonds is 12. The number of methoxy groups -OCH3 is 1. The summed E-state index contributed by atoms with van der Waals surface area (Å²) in [6.07, 6.45) is -8.34. The van der Waals surface area contributed by atoms with E-state index < -0.39 is 101 Å². The highest BCUT2D eigenvalue weighted by atomic mass is 16.7. The Bertz CT molecular complexity index is 1510. The molecule has 3 aliphatic heterocycles. The first-order chi connectivity index (χ1) is 29.7. The van der Waals surface area contributed by atoms with Gasteiger partial charge in [0.15, 0.2) is 12.6 Å². The third-order valence-corrected chi connectivity index (χ3v) is 14.1. The number of nitrogens with zero attached hydrogens (tertiary/aromatic N) is 2. The number of carbonyl (C=O) groups excluding carboxylic acids is 2. The quantitative estimate of drug-likeness (QED) is 0.139. The lowest BCUT2D eigenvalue weighted by molar-refractivity contribution is -0.318. The molecule has 0 aromatic rings. The number of aliphatic hydroxyl groups excluding tert-OH is 3. The van der Waals surface area contributed by atoms with Crippen molar-refractivity contribution in [3.05, 3.63) is 0 Å². The summed E-state index contributed by atoms with van der Waals surface area (Å²) in [4.78, 5) is 31.6. The van der Waals surface area contributed by atoms with Crippen LogP contribution in [-0.4, -0.2) is 184 Å². The number of aliphatic hydroxyl groups is 5. The summed E-state index contributed by atoms with van der Waals surface area (Å²) in [6, 6.07) is -1.37. The number of likely N-dealkylation sites (N-methyl/N-ethyl adjacent to an activating group) is 1. The van der Waals surface area contributed by atoms with E-state index in [0.717, 1.165) is 6.42 Å². The highest BCUT2D eigenvalue weighted by Crippen LogP contribution is 2.40. The normalized spacial score (nSPS) is 42.5. The van der Waals surface area contributed by atoms with Gasteiger partial charge < -0.3 is 69.5 Å². The van der Waals surface area contributed by atoms with Crippen LogP contribution in [0.15, 0.2) is 0 Å². The average Bonchev–Trinajstić information content (AvgIpc) is 3.17. The molecule has 3 saturated heterocycles. The molecule has 0 bridgehead atoms. The lowest BCUT2D eigenvalue weighted by atomic mass is 9.77. The van der Waals surface area contributed by atoms with Crippen LogP contribution in [-0.2, 0) is 33.2 Å². The number of urea groups is 1. The molecule has 18 atom stereocenters. The number of esters is 1. The number of carbonyl (C=O) groups is 2. The van der Waals surface area contributed by atoms with Crippen molar-refractivity contribution in [1.82, 2.24) is 20.4 Å². The maximum Gasteiger partial charge on any atom is 0.315 e. The highest BCUT2D eigenvalue weighted by Gasteiger charge is 2.53. The number of nitrogens with one attached hydrogen (secondary N) is 2. The number of amides is 2. The summed E-state index contributed by atoms with van der Waals surface area (Å²) in [5.41, 5.74) is -5.14. The molecule has 0 aromatic heterocycles. The second-order valence-electron chi connectivity index (χ2n) is 22.7. The lowest BCUT2D eigenvalue weighted by Gasteiger charge is -2.48. The Morgan fingerprint density at radius 2 is 1.55 bits per heavy atom. The van der Waals surface area contributed by atoms with Gasteiger partial charge in [-0.05, 0) is 113 Å². The zero-order valence-electron chi connectivity index (χ0n) is 43.2. The molecule has 0 aromatic carbocycles. The molecule has 0 unspecified atom stereocenters. The van der Waals surface area contributed by atoms with Crippen LogP contribution >= 0.6 is 0 Å². The second-order valence-corrected chi connectivity index (χ2v) is 22.7. The van der Waals surface area contributed by atoms with Crippen LogP contribution in [0.4, 0.5) is 4.79 Å². The van der Waals surface area contributed by atoms with Crippen LogP contribution in [0.25, 0.3) is 0 Å². The van der Waals surface area contributed by atoms with E-state index >= 15 is 0 Å². The van der Waals surface area contributed by atoms with Crippen molar-refractivity contribution in [3.63, 3.8) is 0 Å². The Hall–Kier alpha value is -1.74. The van der Waals surface area contributed by atoms with E-state index in [4.69, 9.17) is 28.4 Å². The third-order valence-electron chi connectivity index (χ3n) is 14.1. The maximum atomic E-state index is 14.5. The number of ether oxygens (including phenoxy) is 6. The van der Waals surface area contributed by atoms with Gasteiger partial charge in [0.25, 0.3) is 0 Å². The monoisotopic (exact) mass is 933 g/mol. The molecular weight excluding hydrogens is 841 g/mol. The molecular formula is C48H92N4O13. The van der Waals surface area contributed by atoms with Gasteiger partial charge in [-0.2, -0.15) is 0 Å². The first kappa shape index (κ1) is 57.6. The average molecular weight is 933 g/mol. The van der Waals surface area contributed by atoms with Crippen molar-refractivity contribution in [3.8, 4) is 0 Å². The molecule has 0 spiro atoms. The van der Waals surface area contributed by atoms with Gasteiger partial charge in [-0.1, -0.05) is 41.5 Å². The van der Waals surface area contributed by atoms with Crippen LogP contribution in [0.2, 0.25) is 0 Å². The summed E-state index contributed by atoms with van der Waals surface area (Å²) in [5.74, 6) is -2.91. The third kappa shape index (κ3) is 15.1. The molecule has 7 N–H and O–H groups in total. The molecule has 382 valence electrons. The molecule has 0 radical (unpaired) electrons. The van der Waals surface area contributed by atoms with Gasteiger partial charge in [-0.15, -0.1) is 0 Å². The topological polar surface area (TPSA) is 221 Å². The fourth-order valence-electron chi connectivity index (χ4n) is 10.9. The summed E-state index contributed by atoms with van der Waals surface area (Å²) in [6.45, 7) is 28.5. The van der Waals surface area contributed by atoms with Crippen molar-refractivity contribution in [2.45, 2.75) is 232 Å². The van der Waals surface area contributed by atoms with E-state index in [-0.39, 0.29) is 61.9 Å². The Labute approximate surface area is 390 Å². The van der Waals surface area contributed by atoms with E-state index in [9.17, 15) is 35.1 Å². The van der Waals surface area contributed by atoms with E-state index in [1.165, 1.54) is 14.0 Å². The molecule has 2 amide bonds. The van der Waals surface area contributed by atoms with Gasteiger partial charge >= 0.3 is 12.0 Å². The minimum atomic E-state index is -1.93. The van der Waals surface area contributed by atoms with E-state index in [2.05, 4.69) is 31.4 Å². The maximum absolute atomic E-state index is 14.5. The summed E-state index contributed by atoms with van der Waals surface area (Å²) in [7, 11) is 5.25. The molecule has 0 aliphatic carbocycles. The van der Waals surface area contributed by atoms with Crippen molar-refractivity contribution in [1.29, 1.82) is 0 Å². The first-order valence-electron chi connectivity index (χ1n) is 24.0. The van der Waals surface area contributed by atoms with Crippen LogP contribution in [0.1, 0.15) is 136 Å². The Morgan fingerprint density at radius 3 is 2.11 bits per heavy atom. The summed E-state index contributed by atoms with van der Waals surface area (Å²) >= 11 is 0. The van der Waals surface area contributed by atoms with Gasteiger partial charge in [0.2, 0.25) is 0 Å². The van der Waals surface area contributed by atoms with E-state index in [0.29, 0.717) is 13.0 Å². The Kier molecular flexibility index (Phi) is 20.2. The minimum Gasteiger partial charge on any atom is -0.459 e. The molecule has 17 nitrogen and oxygen atoms in total. The van der Waals surface area contributed by atoms with Crippen LogP contribution in [0.5, 0.6) is 0 Å². The zero-order valence-corrected chi connectivity index (χ0v) is 43.2. The predicted octanol–water partition coefficient (Wildman–Crippen LogP) is 3.78. The standard InChI is InChI=1S/C48H92N4O13/c1-19-34-48(15,59)38(54)31(6)52(21-20-49-43(57)50-45(11,12)26-44(8,9)10)25-27(2)23-46(13,58)40(65-42-36(53)33(51(16)17)22-28(3)61-42)29(4)37(30(5)41(56)63-34)64-35-24-47(14,60-18)39(55)32(7)62-35/h27-40,42,53-55,58-59H,19-26H2,1-18H3,(H2,49,50,57)/t27-,28-,29-,30-,31-,32+,33+,34-,35-,36-,37-,38-,39+,40+,42+,46-,47-,48-/m1/s1. The molecule has 65 heavy (non-hydrogen) atoms. The van der Waals surface area contributed by atoms with Gasteiger partial charge in [0.1, 0.15) is 30.0 Å². The molecule has 0 saturated carbocycles. The summed E-state index contributed by atoms with van der Waals surface area (Å²) < 4.78 is 38.0. The fourth-order valence-corrected chi connectivity index (χ4v) is 10.9. The lowest BCUT2D eigenvalue weighted by Crippen LogP contribution is -2.60. The smallest absolute Gasteiger partial charge is 0.315 e. The first-order valence-corrected chi connectivity index (χ1v) is 24.0. The Morgan fingerprint density at radius 1 is 0.938 bits per heavy atom. The zero-order chi connectivity index (χ0) is 49.8. The van der Waals surface area contributed by atoms with Gasteiger partial charge in [0.05, 0.1) is 41.5 Å². The van der Waals surface area contributed by atoms with E-state index in [1.807, 2.05) is 51.6 Å². The number of cyclic esters (lactones) is 1. The largest absolute Gasteiger partial charge is 0.459 e. The molecule has 17 heteroatoms. The van der Waals surface area contributed by atoms with Gasteiger partial charge in [0, 0.05) is 56.7 Å². The molecule has 3 fully saturated rings. The van der Waals surface area contributed by atoms with Crippen LogP contribution in [0, 0.1) is 23.2 Å². The van der Waals surface area contributed by atoms with Crippen LogP contribution < -0.4 is 10.6 Å². The van der Waals surface area contributed by atoms with Crippen LogP contribution in [0.3, 0.4) is 0 Å². The molecule has 3 heterocycles. The van der Waals surface area contributed by atoms with Gasteiger partial charge in [-0.3, -0.25) is 9.69 Å². The predicted molar refractivity (Wildman–Crippen MR) is 248 cm³/mol. The van der Waals surface area contributed by atoms with Crippen molar-refractivity contribution < 1.29 is 63.5 Å². The van der Waals surface area contributed by atoms with Gasteiger partial charge in [-0.25, -0.2) is 4.79 Å². The summed E-state index contributed by atoms with van der Waals surface area (Å²) in [5, 5.41) is 65.9. The van der Waals surface area contributed by atoms with Crippen molar-refractivity contribution in [2.75, 3.05) is 40.8 Å². The Balaban J connectivity index is 2.14. The fraction of sp³-hybridized carbons (Fsp3) is 0.958. The molecule has 3 rings (SSSR count). The number of hydrogen-bond donors (Lipinski definition) is 7. The minimum absolute atomic E-state index is 0.0130. The van der Waals surface area contributed by atoms with Crippen molar-refractivity contribution in [2.24, 2.45) is 23.2 Å². The SMILES string of the molecule is CC[C@H]1OC(=O)[C@H](C)[C@H](O[C@@H]2C[C@@](C)(OC)[C@@H](O)[C@H](C)O2)[C@@H](C)[C@H](O[C@@H]2O[C@H](C)C[C@H](N(C)C)[C@H]2O)[C@](C)(O)C[C@@H](C)CN(CCNC(=O)NC(C)(C)CC(C)(C)C)[C@H](C)[C@@H](O)[C@]1(C)O. The number of hydrogen-bond acceptors (Lipinski definition) is 15. The molecule has 3 aliphatic rings. The van der Waals surface area contributed by atoms with E-state index in [1.54, 1.807) is 48.5 Å².